The van der Waals surface area contributed by atoms with Crippen molar-refractivity contribution in [1.29, 1.82) is 0 Å². The smallest absolute Gasteiger partial charge is 0.322 e. The van der Waals surface area contributed by atoms with Gasteiger partial charge in [0.1, 0.15) is 4.83 Å². The standard InChI is InChI=1S/C8H15BrO3/c1-5-12-8(2,3)6(9)7(10)11-4/h6H,5H2,1-4H3. The predicted molar refractivity (Wildman–Crippen MR) is 50.4 cm³/mol. The molecule has 0 spiro atoms. The molecule has 0 aliphatic heterocycles. The van der Waals surface area contributed by atoms with E-state index in [0.717, 1.165) is 0 Å². The second-order valence-corrected chi connectivity index (χ2v) is 3.84. The molecule has 0 saturated carbocycles. The molecule has 0 amide bonds. The summed E-state index contributed by atoms with van der Waals surface area (Å²) in [4.78, 5) is 10.7. The van der Waals surface area contributed by atoms with E-state index in [-0.39, 0.29) is 5.97 Å². The van der Waals surface area contributed by atoms with Crippen molar-refractivity contribution >= 4 is 21.9 Å². The summed E-state index contributed by atoms with van der Waals surface area (Å²) in [7, 11) is 1.36. The zero-order valence-corrected chi connectivity index (χ0v) is 9.47. The first kappa shape index (κ1) is 11.9. The highest BCUT2D eigenvalue weighted by molar-refractivity contribution is 9.10. The Balaban J connectivity index is 4.23. The number of methoxy groups -OCH3 is 1. The Morgan fingerprint density at radius 3 is 2.42 bits per heavy atom. The van der Waals surface area contributed by atoms with Gasteiger partial charge in [-0.05, 0) is 20.8 Å². The van der Waals surface area contributed by atoms with E-state index in [2.05, 4.69) is 20.7 Å². The molecular weight excluding hydrogens is 224 g/mol. The van der Waals surface area contributed by atoms with Gasteiger partial charge in [0.05, 0.1) is 12.7 Å². The van der Waals surface area contributed by atoms with Crippen molar-refractivity contribution in [2.75, 3.05) is 13.7 Å². The van der Waals surface area contributed by atoms with Crippen LogP contribution in [0, 0.1) is 0 Å². The number of alkyl halides is 1. The Kier molecular flexibility index (Phi) is 4.78. The third kappa shape index (κ3) is 3.11. The highest BCUT2D eigenvalue weighted by Gasteiger charge is 2.34. The lowest BCUT2D eigenvalue weighted by Gasteiger charge is -2.28. The lowest BCUT2D eigenvalue weighted by atomic mass is 10.1. The van der Waals surface area contributed by atoms with Gasteiger partial charge in [0, 0.05) is 6.61 Å². The number of ether oxygens (including phenoxy) is 2. The molecule has 1 atom stereocenters. The Morgan fingerprint density at radius 1 is 1.58 bits per heavy atom. The molecule has 0 aliphatic carbocycles. The number of rotatable bonds is 4. The minimum Gasteiger partial charge on any atom is -0.468 e. The van der Waals surface area contributed by atoms with Gasteiger partial charge in [-0.1, -0.05) is 15.9 Å². The van der Waals surface area contributed by atoms with Crippen LogP contribution in [0.3, 0.4) is 0 Å². The number of halogens is 1. The first-order valence-electron chi connectivity index (χ1n) is 3.81. The van der Waals surface area contributed by atoms with Gasteiger partial charge in [-0.3, -0.25) is 4.79 Å². The summed E-state index contributed by atoms with van der Waals surface area (Å²) in [6, 6.07) is 0. The van der Waals surface area contributed by atoms with Crippen molar-refractivity contribution in [3.63, 3.8) is 0 Å². The van der Waals surface area contributed by atoms with Crippen LogP contribution in [-0.2, 0) is 14.3 Å². The molecule has 0 bridgehead atoms. The van der Waals surface area contributed by atoms with Crippen molar-refractivity contribution in [1.82, 2.24) is 0 Å². The summed E-state index contributed by atoms with van der Waals surface area (Å²) in [5.41, 5.74) is -0.526. The summed E-state index contributed by atoms with van der Waals surface area (Å²) in [5.74, 6) is -0.312. The van der Waals surface area contributed by atoms with Gasteiger partial charge in [0.2, 0.25) is 0 Å². The first-order valence-corrected chi connectivity index (χ1v) is 4.73. The monoisotopic (exact) mass is 238 g/mol. The van der Waals surface area contributed by atoms with Gasteiger partial charge in [0.25, 0.3) is 0 Å². The molecule has 0 aromatic heterocycles. The maximum atomic E-state index is 11.1. The number of esters is 1. The van der Waals surface area contributed by atoms with Crippen LogP contribution in [0.15, 0.2) is 0 Å². The highest BCUT2D eigenvalue weighted by Crippen LogP contribution is 2.22. The third-order valence-electron chi connectivity index (χ3n) is 1.53. The molecule has 3 nitrogen and oxygen atoms in total. The van der Waals surface area contributed by atoms with E-state index in [1.54, 1.807) is 0 Å². The predicted octanol–water partition coefficient (Wildman–Crippen LogP) is 1.74. The molecule has 0 fully saturated rings. The van der Waals surface area contributed by atoms with Crippen molar-refractivity contribution < 1.29 is 14.3 Å². The summed E-state index contributed by atoms with van der Waals surface area (Å²) in [6.07, 6.45) is 0. The van der Waals surface area contributed by atoms with Gasteiger partial charge < -0.3 is 9.47 Å². The topological polar surface area (TPSA) is 35.5 Å². The largest absolute Gasteiger partial charge is 0.468 e. The average Bonchev–Trinajstić information content (AvgIpc) is 2.01. The van der Waals surface area contributed by atoms with E-state index in [1.807, 2.05) is 20.8 Å². The Hall–Kier alpha value is -0.0900. The lowest BCUT2D eigenvalue weighted by Crippen LogP contribution is -2.40. The molecule has 1 unspecified atom stereocenters. The van der Waals surface area contributed by atoms with E-state index < -0.39 is 10.4 Å². The summed E-state index contributed by atoms with van der Waals surface area (Å²) >= 11 is 3.23. The second kappa shape index (κ2) is 4.82. The zero-order valence-electron chi connectivity index (χ0n) is 7.89. The second-order valence-electron chi connectivity index (χ2n) is 2.92. The number of carbonyl (C=O) groups excluding carboxylic acids is 1. The van der Waals surface area contributed by atoms with Crippen LogP contribution >= 0.6 is 15.9 Å². The molecule has 72 valence electrons. The quantitative estimate of drug-likeness (QED) is 0.553. The molecule has 0 aromatic carbocycles. The van der Waals surface area contributed by atoms with Crippen LogP contribution in [0.5, 0.6) is 0 Å². The third-order valence-corrected chi connectivity index (χ3v) is 3.01. The Bertz CT molecular complexity index is 156. The van der Waals surface area contributed by atoms with Crippen molar-refractivity contribution in [2.24, 2.45) is 0 Å². The van der Waals surface area contributed by atoms with Gasteiger partial charge in [0.15, 0.2) is 0 Å². The fraction of sp³-hybridized carbons (Fsp3) is 0.875. The van der Waals surface area contributed by atoms with E-state index in [1.165, 1.54) is 7.11 Å². The van der Waals surface area contributed by atoms with E-state index in [9.17, 15) is 4.79 Å². The lowest BCUT2D eigenvalue weighted by molar-refractivity contribution is -0.145. The van der Waals surface area contributed by atoms with Crippen LogP contribution in [0.1, 0.15) is 20.8 Å². The normalized spacial score (nSPS) is 14.1. The van der Waals surface area contributed by atoms with E-state index >= 15 is 0 Å². The summed E-state index contributed by atoms with van der Waals surface area (Å²) in [6.45, 7) is 6.14. The number of carbonyl (C=O) groups is 1. The van der Waals surface area contributed by atoms with E-state index in [4.69, 9.17) is 4.74 Å². The van der Waals surface area contributed by atoms with Crippen molar-refractivity contribution in [3.05, 3.63) is 0 Å². The van der Waals surface area contributed by atoms with Gasteiger partial charge in [-0.2, -0.15) is 0 Å². The van der Waals surface area contributed by atoms with Crippen LogP contribution in [0.2, 0.25) is 0 Å². The number of hydrogen-bond acceptors (Lipinski definition) is 3. The van der Waals surface area contributed by atoms with Crippen LogP contribution in [0.4, 0.5) is 0 Å². The van der Waals surface area contributed by atoms with Gasteiger partial charge in [-0.25, -0.2) is 0 Å². The van der Waals surface area contributed by atoms with Crippen LogP contribution in [-0.4, -0.2) is 30.1 Å². The van der Waals surface area contributed by atoms with E-state index in [0.29, 0.717) is 6.61 Å². The van der Waals surface area contributed by atoms with Gasteiger partial charge >= 0.3 is 5.97 Å². The summed E-state index contributed by atoms with van der Waals surface area (Å²) < 4.78 is 9.95. The molecule has 0 saturated heterocycles. The molecule has 0 heterocycles. The SMILES string of the molecule is CCOC(C)(C)C(Br)C(=O)OC. The maximum Gasteiger partial charge on any atom is 0.322 e. The average molecular weight is 239 g/mol. The fourth-order valence-electron chi connectivity index (χ4n) is 0.832. The highest BCUT2D eigenvalue weighted by atomic mass is 79.9. The van der Waals surface area contributed by atoms with Crippen molar-refractivity contribution in [3.8, 4) is 0 Å². The van der Waals surface area contributed by atoms with Crippen LogP contribution < -0.4 is 0 Å². The Morgan fingerprint density at radius 2 is 2.08 bits per heavy atom. The molecule has 0 N–H and O–H groups in total. The first-order chi connectivity index (χ1) is 5.45. The minimum atomic E-state index is -0.526. The molecule has 4 heteroatoms. The van der Waals surface area contributed by atoms with Crippen LogP contribution in [0.25, 0.3) is 0 Å². The zero-order chi connectivity index (χ0) is 9.78. The molecular formula is C8H15BrO3. The van der Waals surface area contributed by atoms with Gasteiger partial charge in [-0.15, -0.1) is 0 Å². The fourth-order valence-corrected chi connectivity index (χ4v) is 1.15. The molecule has 12 heavy (non-hydrogen) atoms. The minimum absolute atomic E-state index is 0.312. The summed E-state index contributed by atoms with van der Waals surface area (Å²) in [5, 5.41) is 0. The van der Waals surface area contributed by atoms with Crippen molar-refractivity contribution in [2.45, 2.75) is 31.2 Å². The Labute approximate surface area is 81.6 Å². The molecule has 0 rings (SSSR count). The molecule has 0 aromatic rings. The maximum absolute atomic E-state index is 11.1. The molecule has 0 aliphatic rings. The number of hydrogen-bond donors (Lipinski definition) is 0. The molecule has 0 radical (unpaired) electrons.